The molecule has 4 saturated carbocycles. The Kier molecular flexibility index (Phi) is 9.78. The van der Waals surface area contributed by atoms with Crippen molar-refractivity contribution in [2.24, 2.45) is 52.3 Å². The molecule has 0 radical (unpaired) electrons. The number of fused-ring (bicyclic) bond motifs is 5. The Morgan fingerprint density at radius 1 is 0.919 bits per heavy atom. The van der Waals surface area contributed by atoms with Crippen molar-refractivity contribution in [2.75, 3.05) is 0 Å². The lowest BCUT2D eigenvalue weighted by Crippen LogP contribution is -2.60. The molecule has 0 spiro atoms. The molecule has 3 nitrogen and oxygen atoms in total. The van der Waals surface area contributed by atoms with Gasteiger partial charge in [-0.15, -0.1) is 0 Å². The van der Waals surface area contributed by atoms with Crippen LogP contribution in [-0.4, -0.2) is 23.3 Å². The Morgan fingerprint density at radius 3 is 2.43 bits per heavy atom. The van der Waals surface area contributed by atoms with Crippen molar-refractivity contribution < 1.29 is 14.6 Å². The van der Waals surface area contributed by atoms with Crippen LogP contribution in [0.1, 0.15) is 144 Å². The van der Waals surface area contributed by atoms with Crippen molar-refractivity contribution in [2.45, 2.75) is 156 Å². The summed E-state index contributed by atoms with van der Waals surface area (Å²) in [5, 5.41) is 10.8. The number of unbranched alkanes of at least 4 members (excludes halogenated alkanes) is 3. The van der Waals surface area contributed by atoms with Crippen LogP contribution in [0.3, 0.4) is 0 Å². The Labute approximate surface area is 229 Å². The van der Waals surface area contributed by atoms with Gasteiger partial charge in [0.1, 0.15) is 6.10 Å². The maximum Gasteiger partial charge on any atom is 0.306 e. The van der Waals surface area contributed by atoms with Crippen LogP contribution >= 0.6 is 0 Å². The standard InChI is InChI=1S/C34H60O3/c1-7-8-9-10-14-32(36)37-31-22-26(35)21-25-15-16-27-29-18-17-28(24(4)13-11-12-23(2)3)33(29,5)20-19-30(27)34(25,31)6/h23-31,35H,7-22H2,1-6H3/t24-,25-,26+,27-,28-,29+,30+,31?,33-,34+/m1/s1. The minimum absolute atomic E-state index is 0.0193. The van der Waals surface area contributed by atoms with Crippen LogP contribution in [-0.2, 0) is 9.53 Å². The summed E-state index contributed by atoms with van der Waals surface area (Å²) in [7, 11) is 0. The highest BCUT2D eigenvalue weighted by atomic mass is 16.5. The molecule has 4 aliphatic rings. The molecule has 0 aromatic heterocycles. The first-order valence-corrected chi connectivity index (χ1v) is 16.5. The number of aliphatic hydroxyl groups excluding tert-OH is 1. The van der Waals surface area contributed by atoms with Crippen LogP contribution in [0.2, 0.25) is 0 Å². The summed E-state index contributed by atoms with van der Waals surface area (Å²) in [6.07, 6.45) is 18.2. The van der Waals surface area contributed by atoms with E-state index in [0.29, 0.717) is 30.1 Å². The minimum atomic E-state index is -0.316. The molecule has 3 heteroatoms. The summed E-state index contributed by atoms with van der Waals surface area (Å²) in [4.78, 5) is 12.9. The van der Waals surface area contributed by atoms with E-state index in [-0.39, 0.29) is 23.6 Å². The van der Waals surface area contributed by atoms with Crippen LogP contribution in [0.15, 0.2) is 0 Å². The third-order valence-corrected chi connectivity index (χ3v) is 12.4. The zero-order valence-corrected chi connectivity index (χ0v) is 25.3. The van der Waals surface area contributed by atoms with E-state index in [2.05, 4.69) is 41.5 Å². The quantitative estimate of drug-likeness (QED) is 0.220. The third kappa shape index (κ3) is 5.97. The van der Waals surface area contributed by atoms with E-state index in [9.17, 15) is 9.90 Å². The molecule has 0 amide bonds. The van der Waals surface area contributed by atoms with Crippen LogP contribution in [0.4, 0.5) is 0 Å². The van der Waals surface area contributed by atoms with Crippen molar-refractivity contribution in [3.8, 4) is 0 Å². The fourth-order valence-electron chi connectivity index (χ4n) is 10.4. The third-order valence-electron chi connectivity index (χ3n) is 12.4. The van der Waals surface area contributed by atoms with Crippen molar-refractivity contribution in [3.63, 3.8) is 0 Å². The van der Waals surface area contributed by atoms with Gasteiger partial charge in [-0.2, -0.15) is 0 Å². The first-order valence-electron chi connectivity index (χ1n) is 16.5. The lowest BCUT2D eigenvalue weighted by molar-refractivity contribution is -0.203. The molecule has 4 rings (SSSR count). The van der Waals surface area contributed by atoms with Crippen LogP contribution in [0.5, 0.6) is 0 Å². The molecule has 0 bridgehead atoms. The van der Waals surface area contributed by atoms with Gasteiger partial charge in [0.25, 0.3) is 0 Å². The van der Waals surface area contributed by atoms with Gasteiger partial charge in [0.05, 0.1) is 6.10 Å². The Morgan fingerprint density at radius 2 is 1.70 bits per heavy atom. The van der Waals surface area contributed by atoms with E-state index in [1.165, 1.54) is 70.6 Å². The molecule has 0 aliphatic heterocycles. The fourth-order valence-corrected chi connectivity index (χ4v) is 10.4. The van der Waals surface area contributed by atoms with Crippen LogP contribution in [0, 0.1) is 52.3 Å². The predicted octanol–water partition coefficient (Wildman–Crippen LogP) is 8.96. The molecule has 1 unspecified atom stereocenters. The Balaban J connectivity index is 1.46. The molecule has 10 atom stereocenters. The van der Waals surface area contributed by atoms with Crippen LogP contribution in [0.25, 0.3) is 0 Å². The van der Waals surface area contributed by atoms with E-state index in [0.717, 1.165) is 48.9 Å². The summed E-state index contributed by atoms with van der Waals surface area (Å²) in [5.74, 6) is 5.25. The first kappa shape index (κ1) is 29.4. The second-order valence-electron chi connectivity index (χ2n) is 15.0. The van der Waals surface area contributed by atoms with Gasteiger partial charge >= 0.3 is 5.97 Å². The van der Waals surface area contributed by atoms with Gasteiger partial charge < -0.3 is 9.84 Å². The average Bonchev–Trinajstić information content (AvgIpc) is 3.20. The normalized spacial score (nSPS) is 42.1. The lowest BCUT2D eigenvalue weighted by Gasteiger charge is -2.62. The molecule has 1 N–H and O–H groups in total. The van der Waals surface area contributed by atoms with Gasteiger partial charge in [-0.1, -0.05) is 80.1 Å². The monoisotopic (exact) mass is 516 g/mol. The molecule has 214 valence electrons. The highest BCUT2D eigenvalue weighted by Crippen LogP contribution is 2.68. The number of esters is 1. The predicted molar refractivity (Wildman–Crippen MR) is 153 cm³/mol. The summed E-state index contributed by atoms with van der Waals surface area (Å²) in [5.41, 5.74) is 0.519. The highest BCUT2D eigenvalue weighted by molar-refractivity contribution is 5.69. The lowest BCUT2D eigenvalue weighted by atomic mass is 9.43. The first-order chi connectivity index (χ1) is 17.6. The molecule has 4 aliphatic carbocycles. The van der Waals surface area contributed by atoms with Crippen molar-refractivity contribution in [1.29, 1.82) is 0 Å². The summed E-state index contributed by atoms with van der Waals surface area (Å²) >= 11 is 0. The molecular weight excluding hydrogens is 456 g/mol. The van der Waals surface area contributed by atoms with Gasteiger partial charge in [0.15, 0.2) is 0 Å². The highest BCUT2D eigenvalue weighted by Gasteiger charge is 2.63. The largest absolute Gasteiger partial charge is 0.462 e. The number of ether oxygens (including phenoxy) is 1. The average molecular weight is 517 g/mol. The second kappa shape index (κ2) is 12.3. The number of rotatable bonds is 11. The number of carbonyl (C=O) groups is 1. The topological polar surface area (TPSA) is 46.5 Å². The second-order valence-corrected chi connectivity index (χ2v) is 15.0. The SMILES string of the molecule is CCCCCCC(=O)OC1C[C@@H](O)C[C@H]2CC[C@@H]3[C@@H]4CC[C@H]([C@H](C)CCCC(C)C)[C@@]4(C)CC[C@@H]3[C@@]12C. The molecule has 0 aromatic carbocycles. The minimum Gasteiger partial charge on any atom is -0.462 e. The van der Waals surface area contributed by atoms with Gasteiger partial charge in [0, 0.05) is 18.3 Å². The Hall–Kier alpha value is -0.570. The fraction of sp³-hybridized carbons (Fsp3) is 0.971. The molecule has 37 heavy (non-hydrogen) atoms. The van der Waals surface area contributed by atoms with E-state index in [1.54, 1.807) is 0 Å². The van der Waals surface area contributed by atoms with Gasteiger partial charge in [0.2, 0.25) is 0 Å². The molecule has 0 saturated heterocycles. The summed E-state index contributed by atoms with van der Waals surface area (Å²) in [6, 6.07) is 0. The molecular formula is C34H60O3. The summed E-state index contributed by atoms with van der Waals surface area (Å²) in [6.45, 7) is 14.6. The number of hydrogen-bond acceptors (Lipinski definition) is 3. The van der Waals surface area contributed by atoms with Gasteiger partial charge in [-0.3, -0.25) is 4.79 Å². The summed E-state index contributed by atoms with van der Waals surface area (Å²) < 4.78 is 6.32. The number of carbonyl (C=O) groups excluding carboxylic acids is 1. The zero-order valence-electron chi connectivity index (χ0n) is 25.3. The van der Waals surface area contributed by atoms with E-state index >= 15 is 0 Å². The number of hydrogen-bond donors (Lipinski definition) is 1. The zero-order chi connectivity index (χ0) is 26.8. The molecule has 0 heterocycles. The van der Waals surface area contributed by atoms with Gasteiger partial charge in [-0.25, -0.2) is 0 Å². The maximum absolute atomic E-state index is 12.9. The van der Waals surface area contributed by atoms with Crippen LogP contribution < -0.4 is 0 Å². The van der Waals surface area contributed by atoms with Crippen molar-refractivity contribution in [1.82, 2.24) is 0 Å². The van der Waals surface area contributed by atoms with Crippen molar-refractivity contribution in [3.05, 3.63) is 0 Å². The van der Waals surface area contributed by atoms with E-state index < -0.39 is 0 Å². The Bertz CT molecular complexity index is 747. The van der Waals surface area contributed by atoms with Crippen molar-refractivity contribution >= 4 is 5.97 Å². The molecule has 0 aromatic rings. The number of aliphatic hydroxyl groups is 1. The van der Waals surface area contributed by atoms with E-state index in [1.807, 2.05) is 0 Å². The van der Waals surface area contributed by atoms with E-state index in [4.69, 9.17) is 4.74 Å². The molecule has 4 fully saturated rings. The maximum atomic E-state index is 12.9. The smallest absolute Gasteiger partial charge is 0.306 e. The van der Waals surface area contributed by atoms with Gasteiger partial charge in [-0.05, 0) is 98.2 Å².